The highest BCUT2D eigenvalue weighted by Crippen LogP contribution is 2.18. The number of carbonyl (C=O) groups excluding carboxylic acids is 1. The molecule has 0 aliphatic carbocycles. The van der Waals surface area contributed by atoms with E-state index in [-0.39, 0.29) is 17.0 Å². The summed E-state index contributed by atoms with van der Waals surface area (Å²) in [5.74, 6) is -0.435. The molecule has 0 unspecified atom stereocenters. The number of aromatic nitrogens is 5. The van der Waals surface area contributed by atoms with E-state index in [1.54, 1.807) is 25.2 Å². The molecule has 10 heteroatoms. The van der Waals surface area contributed by atoms with E-state index in [0.29, 0.717) is 23.6 Å². The van der Waals surface area contributed by atoms with Crippen molar-refractivity contribution in [2.45, 2.75) is 6.42 Å². The summed E-state index contributed by atoms with van der Waals surface area (Å²) in [5, 5.41) is 0.643. The number of rotatable bonds is 4. The average Bonchev–Trinajstić information content (AvgIpc) is 3.02. The molecule has 0 aliphatic rings. The number of hydrogen-bond donors (Lipinski definition) is 0. The smallest absolute Gasteiger partial charge is 0.327 e. The van der Waals surface area contributed by atoms with Gasteiger partial charge in [-0.2, -0.15) is 4.39 Å². The van der Waals surface area contributed by atoms with E-state index in [1.807, 2.05) is 12.1 Å². The first-order chi connectivity index (χ1) is 14.8. The van der Waals surface area contributed by atoms with Crippen LogP contribution in [-0.2, 0) is 13.5 Å². The van der Waals surface area contributed by atoms with Crippen LogP contribution in [0.1, 0.15) is 5.56 Å². The molecule has 0 N–H and O–H groups in total. The van der Waals surface area contributed by atoms with Gasteiger partial charge < -0.3 is 4.90 Å². The Bertz CT molecular complexity index is 1330. The van der Waals surface area contributed by atoms with Gasteiger partial charge in [-0.1, -0.05) is 23.7 Å². The molecule has 0 saturated carbocycles. The number of aryl methyl sites for hydroxylation is 1. The van der Waals surface area contributed by atoms with Crippen molar-refractivity contribution in [1.29, 1.82) is 0 Å². The third-order valence-electron chi connectivity index (χ3n) is 4.94. The highest BCUT2D eigenvalue weighted by Gasteiger charge is 2.22. The maximum Gasteiger partial charge on any atom is 0.338 e. The molecule has 1 aromatic carbocycles. The first kappa shape index (κ1) is 20.7. The lowest BCUT2D eigenvalue weighted by molar-refractivity contribution is 0.211. The van der Waals surface area contributed by atoms with Gasteiger partial charge in [-0.15, -0.1) is 0 Å². The lowest BCUT2D eigenvalue weighted by Crippen LogP contribution is -2.38. The Kier molecular flexibility index (Phi) is 5.51. The Morgan fingerprint density at radius 1 is 1.19 bits per heavy atom. The third kappa shape index (κ3) is 4.04. The van der Waals surface area contributed by atoms with Crippen LogP contribution in [0, 0.1) is 5.95 Å². The molecule has 4 aromatic rings. The number of pyridine rings is 1. The molecule has 8 nitrogen and oxygen atoms in total. The highest BCUT2D eigenvalue weighted by atomic mass is 35.5. The van der Waals surface area contributed by atoms with E-state index in [0.717, 1.165) is 10.1 Å². The number of amides is 1. The molecule has 0 aliphatic heterocycles. The normalized spacial score (nSPS) is 11.1. The van der Waals surface area contributed by atoms with E-state index in [1.165, 1.54) is 35.0 Å². The summed E-state index contributed by atoms with van der Waals surface area (Å²) in [6, 6.07) is 9.64. The number of fused-ring (bicyclic) bond motifs is 1. The maximum absolute atomic E-state index is 13.4. The number of nitrogens with zero attached hydrogens (tertiary/aromatic N) is 6. The van der Waals surface area contributed by atoms with Gasteiger partial charge in [0.2, 0.25) is 5.95 Å². The molecule has 0 spiro atoms. The fourth-order valence-electron chi connectivity index (χ4n) is 3.19. The quantitative estimate of drug-likeness (QED) is 0.455. The van der Waals surface area contributed by atoms with Crippen LogP contribution < -0.4 is 5.69 Å². The van der Waals surface area contributed by atoms with Gasteiger partial charge >= 0.3 is 11.7 Å². The van der Waals surface area contributed by atoms with Gasteiger partial charge in [0.05, 0.1) is 6.20 Å². The minimum Gasteiger partial charge on any atom is -0.327 e. The summed E-state index contributed by atoms with van der Waals surface area (Å²) >= 11 is 5.90. The largest absolute Gasteiger partial charge is 0.338 e. The van der Waals surface area contributed by atoms with Crippen LogP contribution in [0.2, 0.25) is 5.02 Å². The molecule has 31 heavy (non-hydrogen) atoms. The molecule has 0 fully saturated rings. The van der Waals surface area contributed by atoms with E-state index < -0.39 is 17.7 Å². The second-order valence-corrected chi connectivity index (χ2v) is 7.46. The molecule has 0 bridgehead atoms. The van der Waals surface area contributed by atoms with Crippen molar-refractivity contribution in [2.24, 2.45) is 7.05 Å². The fourth-order valence-corrected chi connectivity index (χ4v) is 3.32. The Morgan fingerprint density at radius 2 is 1.94 bits per heavy atom. The molecule has 158 valence electrons. The molecule has 0 saturated heterocycles. The van der Waals surface area contributed by atoms with Crippen molar-refractivity contribution >= 4 is 28.8 Å². The zero-order chi connectivity index (χ0) is 22.1. The number of halogens is 2. The van der Waals surface area contributed by atoms with Crippen molar-refractivity contribution in [1.82, 2.24) is 29.0 Å². The third-order valence-corrected chi connectivity index (χ3v) is 5.19. The number of carbonyl (C=O) groups is 1. The van der Waals surface area contributed by atoms with Crippen LogP contribution in [-0.4, -0.2) is 48.6 Å². The van der Waals surface area contributed by atoms with E-state index in [4.69, 9.17) is 11.6 Å². The Labute approximate surface area is 181 Å². The second-order valence-electron chi connectivity index (χ2n) is 7.03. The molecular formula is C21H18ClFN6O2. The zero-order valence-corrected chi connectivity index (χ0v) is 17.5. The molecule has 0 atom stereocenters. The number of benzene rings is 1. The number of likely N-dealkylation sites (N-methyl/N-ethyl adjacent to an activating group) is 1. The summed E-state index contributed by atoms with van der Waals surface area (Å²) in [6.45, 7) is 0.401. The van der Waals surface area contributed by atoms with Gasteiger partial charge in [0.25, 0.3) is 0 Å². The Morgan fingerprint density at radius 3 is 2.65 bits per heavy atom. The molecular weight excluding hydrogens is 423 g/mol. The lowest BCUT2D eigenvalue weighted by Gasteiger charge is -2.17. The molecule has 3 heterocycles. The van der Waals surface area contributed by atoms with Gasteiger partial charge in [0, 0.05) is 43.5 Å². The molecule has 4 rings (SSSR count). The summed E-state index contributed by atoms with van der Waals surface area (Å²) < 4.78 is 15.7. The van der Waals surface area contributed by atoms with Crippen molar-refractivity contribution < 1.29 is 9.18 Å². The van der Waals surface area contributed by atoms with E-state index in [9.17, 15) is 14.0 Å². The minimum absolute atomic E-state index is 0.227. The van der Waals surface area contributed by atoms with Crippen molar-refractivity contribution in [3.63, 3.8) is 0 Å². The summed E-state index contributed by atoms with van der Waals surface area (Å²) in [4.78, 5) is 39.3. The summed E-state index contributed by atoms with van der Waals surface area (Å²) in [6.07, 6.45) is 3.30. The standard InChI is InChI=1S/C21H18ClFN6O2/c1-27(10-8-13-3-5-15(22)6-4-13)20(30)29-16-12-25-18(14-7-9-24-17(23)11-14)26-19(16)28(2)21(29)31/h3-7,9,11-12H,8,10H2,1-2H3. The van der Waals surface area contributed by atoms with Crippen LogP contribution >= 0.6 is 11.6 Å². The summed E-state index contributed by atoms with van der Waals surface area (Å²) in [5.41, 5.74) is 1.44. The monoisotopic (exact) mass is 440 g/mol. The first-order valence-corrected chi connectivity index (χ1v) is 9.79. The topological polar surface area (TPSA) is 85.9 Å². The van der Waals surface area contributed by atoms with Crippen molar-refractivity contribution in [3.05, 3.63) is 75.8 Å². The maximum atomic E-state index is 13.4. The summed E-state index contributed by atoms with van der Waals surface area (Å²) in [7, 11) is 3.14. The highest BCUT2D eigenvalue weighted by molar-refractivity contribution is 6.30. The van der Waals surface area contributed by atoms with E-state index in [2.05, 4.69) is 15.0 Å². The first-order valence-electron chi connectivity index (χ1n) is 9.41. The average molecular weight is 441 g/mol. The predicted octanol–water partition coefficient (Wildman–Crippen LogP) is 3.13. The lowest BCUT2D eigenvalue weighted by atomic mass is 10.1. The van der Waals surface area contributed by atoms with E-state index >= 15 is 0 Å². The van der Waals surface area contributed by atoms with Crippen LogP contribution in [0.15, 0.2) is 53.6 Å². The van der Waals surface area contributed by atoms with Gasteiger partial charge in [0.15, 0.2) is 11.5 Å². The zero-order valence-electron chi connectivity index (χ0n) is 16.8. The van der Waals surface area contributed by atoms with Crippen molar-refractivity contribution in [2.75, 3.05) is 13.6 Å². The predicted molar refractivity (Wildman–Crippen MR) is 115 cm³/mol. The fraction of sp³-hybridized carbons (Fsp3) is 0.190. The Hall–Kier alpha value is -3.59. The van der Waals surface area contributed by atoms with Crippen LogP contribution in [0.3, 0.4) is 0 Å². The van der Waals surface area contributed by atoms with Gasteiger partial charge in [-0.3, -0.25) is 4.57 Å². The minimum atomic E-state index is -0.662. The molecule has 3 aromatic heterocycles. The number of hydrogen-bond acceptors (Lipinski definition) is 5. The van der Waals surface area contributed by atoms with Crippen LogP contribution in [0.25, 0.3) is 22.6 Å². The molecule has 0 radical (unpaired) electrons. The second kappa shape index (κ2) is 8.27. The van der Waals surface area contributed by atoms with Crippen molar-refractivity contribution in [3.8, 4) is 11.4 Å². The molecule has 1 amide bonds. The SMILES string of the molecule is CN(CCc1ccc(Cl)cc1)C(=O)n1c(=O)n(C)c2nc(-c3ccnc(F)c3)ncc21. The van der Waals surface area contributed by atoms with Gasteiger partial charge in [-0.25, -0.2) is 29.1 Å². The van der Waals surface area contributed by atoms with Crippen LogP contribution in [0.4, 0.5) is 9.18 Å². The number of imidazole rings is 1. The Balaban J connectivity index is 1.63. The van der Waals surface area contributed by atoms with Gasteiger partial charge in [0.1, 0.15) is 5.52 Å². The van der Waals surface area contributed by atoms with Crippen LogP contribution in [0.5, 0.6) is 0 Å². The van der Waals surface area contributed by atoms with Gasteiger partial charge in [-0.05, 0) is 30.2 Å².